The first-order valence-corrected chi connectivity index (χ1v) is 7.95. The number of hydrogen-bond acceptors (Lipinski definition) is 5. The number of imidazole rings is 2. The molecule has 0 atom stereocenters. The number of aromatic nitrogens is 5. The van der Waals surface area contributed by atoms with Gasteiger partial charge in [-0.25, -0.2) is 9.97 Å². The third kappa shape index (κ3) is 2.77. The summed E-state index contributed by atoms with van der Waals surface area (Å²) in [5.74, 6) is 0.584. The van der Waals surface area contributed by atoms with Gasteiger partial charge >= 0.3 is 0 Å². The second-order valence-electron chi connectivity index (χ2n) is 5.72. The number of H-pyrrole nitrogens is 2. The molecule has 0 spiro atoms. The van der Waals surface area contributed by atoms with Crippen LogP contribution in [0.15, 0.2) is 43.0 Å². The van der Waals surface area contributed by atoms with Crippen LogP contribution in [0.5, 0.6) is 5.75 Å². The number of nitrogens with one attached hydrogen (secondary N) is 3. The molecule has 0 saturated heterocycles. The monoisotopic (exact) mass is 348 g/mol. The minimum Gasteiger partial charge on any atom is -0.494 e. The summed E-state index contributed by atoms with van der Waals surface area (Å²) in [5.41, 5.74) is 4.54. The van der Waals surface area contributed by atoms with Gasteiger partial charge in [0, 0.05) is 23.7 Å². The van der Waals surface area contributed by atoms with Crippen molar-refractivity contribution in [1.29, 1.82) is 0 Å². The van der Waals surface area contributed by atoms with Crippen LogP contribution in [0, 0.1) is 6.92 Å². The van der Waals surface area contributed by atoms with Crippen molar-refractivity contribution >= 4 is 22.9 Å². The highest BCUT2D eigenvalue weighted by molar-refractivity contribution is 6.03. The summed E-state index contributed by atoms with van der Waals surface area (Å²) in [5, 5.41) is 2.72. The molecule has 0 unspecified atom stereocenters. The molecule has 4 aromatic rings. The van der Waals surface area contributed by atoms with Gasteiger partial charge < -0.3 is 14.7 Å². The Balaban J connectivity index is 1.80. The smallest absolute Gasteiger partial charge is 0.278 e. The number of benzene rings is 1. The van der Waals surface area contributed by atoms with E-state index in [-0.39, 0.29) is 11.6 Å². The van der Waals surface area contributed by atoms with E-state index in [1.807, 2.05) is 31.2 Å². The predicted octanol–water partition coefficient (Wildman–Crippen LogP) is 2.92. The van der Waals surface area contributed by atoms with Crippen LogP contribution in [-0.4, -0.2) is 37.9 Å². The SMILES string of the molecule is COc1ccc(-c2ccnc(C)c2)c2[nH]c(NC(=O)c3c[nH]cn3)nc12. The molecule has 1 amide bonds. The second kappa shape index (κ2) is 6.32. The fraction of sp³-hybridized carbons (Fsp3) is 0.111. The van der Waals surface area contributed by atoms with Gasteiger partial charge in [-0.05, 0) is 36.8 Å². The number of anilines is 1. The van der Waals surface area contributed by atoms with Gasteiger partial charge in [-0.3, -0.25) is 15.1 Å². The van der Waals surface area contributed by atoms with E-state index < -0.39 is 0 Å². The van der Waals surface area contributed by atoms with Gasteiger partial charge in [0.25, 0.3) is 5.91 Å². The van der Waals surface area contributed by atoms with Crippen LogP contribution in [0.3, 0.4) is 0 Å². The average Bonchev–Trinajstić information content (AvgIpc) is 3.30. The number of carbonyl (C=O) groups is 1. The maximum Gasteiger partial charge on any atom is 0.278 e. The molecule has 0 saturated carbocycles. The normalized spacial score (nSPS) is 10.8. The van der Waals surface area contributed by atoms with E-state index >= 15 is 0 Å². The van der Waals surface area contributed by atoms with E-state index in [9.17, 15) is 4.79 Å². The van der Waals surface area contributed by atoms with Crippen molar-refractivity contribution in [3.05, 3.63) is 54.4 Å². The molecule has 3 N–H and O–H groups in total. The number of fused-ring (bicyclic) bond motifs is 1. The minimum absolute atomic E-state index is 0.280. The van der Waals surface area contributed by atoms with Crippen molar-refractivity contribution in [2.24, 2.45) is 0 Å². The zero-order valence-electron chi connectivity index (χ0n) is 14.2. The first-order chi connectivity index (χ1) is 12.7. The molecule has 8 nitrogen and oxygen atoms in total. The molecule has 0 radical (unpaired) electrons. The van der Waals surface area contributed by atoms with Crippen molar-refractivity contribution in [2.45, 2.75) is 6.92 Å². The third-order valence-electron chi connectivity index (χ3n) is 4.00. The van der Waals surface area contributed by atoms with Crippen LogP contribution >= 0.6 is 0 Å². The maximum absolute atomic E-state index is 12.2. The molecule has 0 fully saturated rings. The Labute approximate surface area is 148 Å². The first-order valence-electron chi connectivity index (χ1n) is 7.95. The highest BCUT2D eigenvalue weighted by Crippen LogP contribution is 2.34. The van der Waals surface area contributed by atoms with Crippen molar-refractivity contribution in [3.8, 4) is 16.9 Å². The Bertz CT molecular complexity index is 1080. The van der Waals surface area contributed by atoms with Gasteiger partial charge in [0.1, 0.15) is 17.0 Å². The number of amides is 1. The van der Waals surface area contributed by atoms with E-state index in [1.165, 1.54) is 12.5 Å². The summed E-state index contributed by atoms with van der Waals surface area (Å²) in [6.07, 6.45) is 4.72. The van der Waals surface area contributed by atoms with Crippen molar-refractivity contribution in [1.82, 2.24) is 24.9 Å². The summed E-state index contributed by atoms with van der Waals surface area (Å²) in [4.78, 5) is 30.8. The zero-order valence-corrected chi connectivity index (χ0v) is 14.2. The lowest BCUT2D eigenvalue weighted by Crippen LogP contribution is -2.13. The Hall–Kier alpha value is -3.68. The van der Waals surface area contributed by atoms with Gasteiger partial charge in [-0.2, -0.15) is 0 Å². The summed E-state index contributed by atoms with van der Waals surface area (Å²) in [6.45, 7) is 1.94. The molecule has 0 bridgehead atoms. The summed E-state index contributed by atoms with van der Waals surface area (Å²) >= 11 is 0. The van der Waals surface area contributed by atoms with E-state index in [4.69, 9.17) is 4.74 Å². The van der Waals surface area contributed by atoms with Crippen LogP contribution in [0.2, 0.25) is 0 Å². The highest BCUT2D eigenvalue weighted by atomic mass is 16.5. The minimum atomic E-state index is -0.356. The summed E-state index contributed by atoms with van der Waals surface area (Å²) in [7, 11) is 1.59. The average molecular weight is 348 g/mol. The van der Waals surface area contributed by atoms with E-state index in [1.54, 1.807) is 13.3 Å². The van der Waals surface area contributed by atoms with Gasteiger partial charge in [0.2, 0.25) is 5.95 Å². The number of hydrogen-bond donors (Lipinski definition) is 3. The van der Waals surface area contributed by atoms with Crippen LogP contribution < -0.4 is 10.1 Å². The first kappa shape index (κ1) is 15.8. The van der Waals surface area contributed by atoms with Gasteiger partial charge in [0.05, 0.1) is 19.0 Å². The Morgan fingerprint density at radius 3 is 2.85 bits per heavy atom. The van der Waals surface area contributed by atoms with Crippen LogP contribution in [0.25, 0.3) is 22.2 Å². The molecule has 1 aromatic carbocycles. The molecule has 0 aliphatic carbocycles. The van der Waals surface area contributed by atoms with E-state index in [0.717, 1.165) is 22.3 Å². The van der Waals surface area contributed by atoms with Gasteiger partial charge in [-0.15, -0.1) is 0 Å². The van der Waals surface area contributed by atoms with Crippen LogP contribution in [0.4, 0.5) is 5.95 Å². The number of rotatable bonds is 4. The molecule has 8 heteroatoms. The molecule has 26 heavy (non-hydrogen) atoms. The van der Waals surface area contributed by atoms with E-state index in [0.29, 0.717) is 17.2 Å². The lowest BCUT2D eigenvalue weighted by molar-refractivity contribution is 0.102. The zero-order chi connectivity index (χ0) is 18.1. The Kier molecular flexibility index (Phi) is 3.85. The fourth-order valence-electron chi connectivity index (χ4n) is 2.80. The molecule has 130 valence electrons. The number of nitrogens with zero attached hydrogens (tertiary/aromatic N) is 3. The number of ether oxygens (including phenoxy) is 1. The molecule has 3 aromatic heterocycles. The Morgan fingerprint density at radius 1 is 1.23 bits per heavy atom. The molecule has 0 aliphatic rings. The number of methoxy groups -OCH3 is 1. The number of carbonyl (C=O) groups excluding carboxylic acids is 1. The van der Waals surface area contributed by atoms with Crippen molar-refractivity contribution in [2.75, 3.05) is 12.4 Å². The predicted molar refractivity (Wildman–Crippen MR) is 97.2 cm³/mol. The van der Waals surface area contributed by atoms with Crippen molar-refractivity contribution in [3.63, 3.8) is 0 Å². The third-order valence-corrected chi connectivity index (χ3v) is 4.00. The van der Waals surface area contributed by atoms with Gasteiger partial charge in [0.15, 0.2) is 0 Å². The topological polar surface area (TPSA) is 109 Å². The lowest BCUT2D eigenvalue weighted by atomic mass is 10.0. The molecular formula is C18H16N6O2. The molecule has 0 aliphatic heterocycles. The van der Waals surface area contributed by atoms with Crippen LogP contribution in [-0.2, 0) is 0 Å². The lowest BCUT2D eigenvalue weighted by Gasteiger charge is -2.06. The largest absolute Gasteiger partial charge is 0.494 e. The molecular weight excluding hydrogens is 332 g/mol. The van der Waals surface area contributed by atoms with Crippen molar-refractivity contribution < 1.29 is 9.53 Å². The van der Waals surface area contributed by atoms with Crippen LogP contribution in [0.1, 0.15) is 16.2 Å². The van der Waals surface area contributed by atoms with E-state index in [2.05, 4.69) is 30.2 Å². The quantitative estimate of drug-likeness (QED) is 0.525. The molecule has 4 rings (SSSR count). The number of aryl methyl sites for hydroxylation is 1. The van der Waals surface area contributed by atoms with Gasteiger partial charge in [-0.1, -0.05) is 0 Å². The second-order valence-corrected chi connectivity index (χ2v) is 5.72. The highest BCUT2D eigenvalue weighted by Gasteiger charge is 2.16. The maximum atomic E-state index is 12.2. The summed E-state index contributed by atoms with van der Waals surface area (Å²) in [6, 6.07) is 7.72. The Morgan fingerprint density at radius 2 is 2.12 bits per heavy atom. The summed E-state index contributed by atoms with van der Waals surface area (Å²) < 4.78 is 5.41. The number of aromatic amines is 2. The molecule has 3 heterocycles. The standard InChI is InChI=1S/C18H16N6O2/c1-10-7-11(5-6-20-10)12-3-4-14(26-2)16-15(12)22-18(23-16)24-17(25)13-8-19-9-21-13/h3-9H,1-2H3,(H,19,21)(H2,22,23,24,25). The number of pyridine rings is 1. The fourth-order valence-corrected chi connectivity index (χ4v) is 2.80.